The Morgan fingerprint density at radius 2 is 2.00 bits per heavy atom. The van der Waals surface area contributed by atoms with E-state index < -0.39 is 0 Å². The van der Waals surface area contributed by atoms with Crippen molar-refractivity contribution in [2.75, 3.05) is 20.2 Å². The summed E-state index contributed by atoms with van der Waals surface area (Å²) in [5.74, 6) is -0.114. The Morgan fingerprint density at radius 3 is 2.61 bits per heavy atom. The molecule has 100 valence electrons. The highest BCUT2D eigenvalue weighted by Crippen LogP contribution is 2.06. The molecular weight excluding hydrogens is 226 g/mol. The molecule has 0 bridgehead atoms. The van der Waals surface area contributed by atoms with E-state index in [0.29, 0.717) is 13.0 Å². The third-order valence-corrected chi connectivity index (χ3v) is 3.12. The van der Waals surface area contributed by atoms with Crippen molar-refractivity contribution < 1.29 is 9.53 Å². The molecule has 0 aliphatic heterocycles. The third-order valence-electron chi connectivity index (χ3n) is 3.12. The summed E-state index contributed by atoms with van der Waals surface area (Å²) in [5, 5.41) is 0. The summed E-state index contributed by atoms with van der Waals surface area (Å²) in [4.78, 5) is 13.6. The number of benzene rings is 1. The van der Waals surface area contributed by atoms with E-state index in [1.165, 1.54) is 5.56 Å². The standard InChI is InChI=1S/C15H23NO2/c1-4-18-15(17)12-13(2)16(3)11-10-14-8-6-5-7-9-14/h5-9,13H,4,10-12H2,1-3H3. The van der Waals surface area contributed by atoms with Crippen LogP contribution in [-0.4, -0.2) is 37.1 Å². The fourth-order valence-corrected chi connectivity index (χ4v) is 1.79. The van der Waals surface area contributed by atoms with Gasteiger partial charge in [0.1, 0.15) is 0 Å². The zero-order chi connectivity index (χ0) is 13.4. The Hall–Kier alpha value is -1.35. The molecule has 0 spiro atoms. The third kappa shape index (κ3) is 5.32. The molecule has 18 heavy (non-hydrogen) atoms. The van der Waals surface area contributed by atoms with Crippen LogP contribution in [0, 0.1) is 0 Å². The van der Waals surface area contributed by atoms with Crippen LogP contribution in [0.5, 0.6) is 0 Å². The van der Waals surface area contributed by atoms with E-state index in [4.69, 9.17) is 4.74 Å². The summed E-state index contributed by atoms with van der Waals surface area (Å²) < 4.78 is 4.96. The van der Waals surface area contributed by atoms with Crippen LogP contribution >= 0.6 is 0 Å². The van der Waals surface area contributed by atoms with Crippen molar-refractivity contribution in [3.63, 3.8) is 0 Å². The Balaban J connectivity index is 2.31. The van der Waals surface area contributed by atoms with Crippen LogP contribution in [0.15, 0.2) is 30.3 Å². The van der Waals surface area contributed by atoms with Gasteiger partial charge in [0.05, 0.1) is 13.0 Å². The first-order valence-electron chi connectivity index (χ1n) is 6.53. The van der Waals surface area contributed by atoms with E-state index in [-0.39, 0.29) is 12.0 Å². The number of nitrogens with zero attached hydrogens (tertiary/aromatic N) is 1. The van der Waals surface area contributed by atoms with Gasteiger partial charge in [0.25, 0.3) is 0 Å². The Bertz CT molecular complexity index is 351. The number of esters is 1. The van der Waals surface area contributed by atoms with Crippen molar-refractivity contribution in [3.8, 4) is 0 Å². The van der Waals surface area contributed by atoms with E-state index in [1.54, 1.807) is 0 Å². The highest BCUT2D eigenvalue weighted by molar-refractivity contribution is 5.69. The number of carbonyl (C=O) groups excluding carboxylic acids is 1. The fraction of sp³-hybridized carbons (Fsp3) is 0.533. The van der Waals surface area contributed by atoms with Crippen LogP contribution in [0.3, 0.4) is 0 Å². The van der Waals surface area contributed by atoms with Gasteiger partial charge < -0.3 is 9.64 Å². The lowest BCUT2D eigenvalue weighted by Gasteiger charge is -2.23. The van der Waals surface area contributed by atoms with Gasteiger partial charge in [0.2, 0.25) is 0 Å². The number of ether oxygens (including phenoxy) is 1. The van der Waals surface area contributed by atoms with Crippen molar-refractivity contribution in [1.82, 2.24) is 4.90 Å². The summed E-state index contributed by atoms with van der Waals surface area (Å²) in [6.07, 6.45) is 1.46. The predicted octanol–water partition coefficient (Wildman–Crippen LogP) is 2.50. The number of carbonyl (C=O) groups is 1. The molecule has 0 heterocycles. The first kappa shape index (κ1) is 14.7. The lowest BCUT2D eigenvalue weighted by atomic mass is 10.1. The van der Waals surface area contributed by atoms with E-state index >= 15 is 0 Å². The molecule has 1 aromatic rings. The topological polar surface area (TPSA) is 29.5 Å². The Kier molecular flexibility index (Phi) is 6.44. The maximum atomic E-state index is 11.4. The molecule has 0 N–H and O–H groups in total. The molecule has 0 aromatic heterocycles. The van der Waals surface area contributed by atoms with Crippen molar-refractivity contribution in [2.24, 2.45) is 0 Å². The van der Waals surface area contributed by atoms with Crippen LogP contribution in [0.2, 0.25) is 0 Å². The molecule has 3 heteroatoms. The summed E-state index contributed by atoms with van der Waals surface area (Å²) in [5.41, 5.74) is 1.33. The van der Waals surface area contributed by atoms with Gasteiger partial charge in [-0.2, -0.15) is 0 Å². The molecule has 0 saturated heterocycles. The van der Waals surface area contributed by atoms with Gasteiger partial charge in [-0.1, -0.05) is 30.3 Å². The Morgan fingerprint density at radius 1 is 1.33 bits per heavy atom. The van der Waals surface area contributed by atoms with Gasteiger partial charge >= 0.3 is 5.97 Å². The number of rotatable bonds is 7. The van der Waals surface area contributed by atoms with Crippen LogP contribution in [0.4, 0.5) is 0 Å². The second-order valence-corrected chi connectivity index (χ2v) is 4.57. The second kappa shape index (κ2) is 7.88. The molecule has 1 unspecified atom stereocenters. The number of hydrogen-bond acceptors (Lipinski definition) is 3. The zero-order valence-electron chi connectivity index (χ0n) is 11.6. The van der Waals surface area contributed by atoms with Crippen LogP contribution in [0.25, 0.3) is 0 Å². The summed E-state index contributed by atoms with van der Waals surface area (Å²) in [7, 11) is 2.05. The van der Waals surface area contributed by atoms with Crippen molar-refractivity contribution in [2.45, 2.75) is 32.7 Å². The lowest BCUT2D eigenvalue weighted by Crippen LogP contribution is -2.33. The number of hydrogen-bond donors (Lipinski definition) is 0. The van der Waals surface area contributed by atoms with E-state index in [9.17, 15) is 4.79 Å². The minimum atomic E-state index is -0.114. The van der Waals surface area contributed by atoms with Gasteiger partial charge in [0, 0.05) is 12.6 Å². The van der Waals surface area contributed by atoms with E-state index in [1.807, 2.05) is 20.0 Å². The van der Waals surface area contributed by atoms with Gasteiger partial charge in [-0.05, 0) is 32.9 Å². The molecule has 0 saturated carbocycles. The predicted molar refractivity (Wildman–Crippen MR) is 73.5 cm³/mol. The molecule has 0 fully saturated rings. The second-order valence-electron chi connectivity index (χ2n) is 4.57. The first-order valence-corrected chi connectivity index (χ1v) is 6.53. The molecule has 0 aliphatic rings. The monoisotopic (exact) mass is 249 g/mol. The summed E-state index contributed by atoms with van der Waals surface area (Å²) >= 11 is 0. The first-order chi connectivity index (χ1) is 8.63. The fourth-order valence-electron chi connectivity index (χ4n) is 1.79. The minimum Gasteiger partial charge on any atom is -0.466 e. The smallest absolute Gasteiger partial charge is 0.307 e. The van der Waals surface area contributed by atoms with E-state index in [2.05, 4.69) is 36.1 Å². The van der Waals surface area contributed by atoms with Crippen molar-refractivity contribution >= 4 is 5.97 Å². The van der Waals surface area contributed by atoms with Gasteiger partial charge in [-0.25, -0.2) is 0 Å². The van der Waals surface area contributed by atoms with Crippen molar-refractivity contribution in [3.05, 3.63) is 35.9 Å². The maximum Gasteiger partial charge on any atom is 0.307 e. The molecule has 0 radical (unpaired) electrons. The molecule has 0 amide bonds. The SMILES string of the molecule is CCOC(=O)CC(C)N(C)CCc1ccccc1. The van der Waals surface area contributed by atoms with Crippen LogP contribution in [-0.2, 0) is 16.0 Å². The minimum absolute atomic E-state index is 0.114. The molecular formula is C15H23NO2. The normalized spacial score (nSPS) is 12.4. The maximum absolute atomic E-state index is 11.4. The highest BCUT2D eigenvalue weighted by atomic mass is 16.5. The average molecular weight is 249 g/mol. The summed E-state index contributed by atoms with van der Waals surface area (Å²) in [6.45, 7) is 5.30. The van der Waals surface area contributed by atoms with Crippen LogP contribution in [0.1, 0.15) is 25.8 Å². The van der Waals surface area contributed by atoms with Gasteiger partial charge in [-0.15, -0.1) is 0 Å². The average Bonchev–Trinajstić information content (AvgIpc) is 2.37. The van der Waals surface area contributed by atoms with E-state index in [0.717, 1.165) is 13.0 Å². The molecule has 3 nitrogen and oxygen atoms in total. The molecule has 1 rings (SSSR count). The lowest BCUT2D eigenvalue weighted by molar-refractivity contribution is -0.144. The van der Waals surface area contributed by atoms with Crippen molar-refractivity contribution in [1.29, 1.82) is 0 Å². The summed E-state index contributed by atoms with van der Waals surface area (Å²) in [6, 6.07) is 10.6. The molecule has 0 aliphatic carbocycles. The zero-order valence-corrected chi connectivity index (χ0v) is 11.6. The van der Waals surface area contributed by atoms with Gasteiger partial charge in [-0.3, -0.25) is 4.79 Å². The molecule has 1 atom stereocenters. The highest BCUT2D eigenvalue weighted by Gasteiger charge is 2.14. The van der Waals surface area contributed by atoms with Crippen LogP contribution < -0.4 is 0 Å². The van der Waals surface area contributed by atoms with Gasteiger partial charge in [0.15, 0.2) is 0 Å². The quantitative estimate of drug-likeness (QED) is 0.695. The largest absolute Gasteiger partial charge is 0.466 e. The number of likely N-dealkylation sites (N-methyl/N-ethyl adjacent to an activating group) is 1. The Labute approximate surface area is 110 Å². The molecule has 1 aromatic carbocycles.